The molecule has 3 aliphatic rings. The number of piperidine rings is 1. The fourth-order valence-corrected chi connectivity index (χ4v) is 7.24. The molecule has 0 spiro atoms. The second-order valence-electron chi connectivity index (χ2n) is 10.3. The van der Waals surface area contributed by atoms with Gasteiger partial charge in [0, 0.05) is 59.5 Å². The minimum absolute atomic E-state index is 0.0708. The van der Waals surface area contributed by atoms with Crippen molar-refractivity contribution in [1.29, 1.82) is 5.26 Å². The van der Waals surface area contributed by atoms with E-state index in [4.69, 9.17) is 5.26 Å². The molecular weight excluding hydrogens is 513 g/mol. The van der Waals surface area contributed by atoms with E-state index < -0.39 is 5.82 Å². The van der Waals surface area contributed by atoms with Crippen LogP contribution in [0.15, 0.2) is 54.7 Å². The highest BCUT2D eigenvalue weighted by Gasteiger charge is 2.45. The van der Waals surface area contributed by atoms with Gasteiger partial charge in [-0.25, -0.2) is 10.3 Å². The number of carbonyl (C=O) groups excluding carboxylic acids is 1. The molecule has 2 bridgehead atoms. The van der Waals surface area contributed by atoms with E-state index in [0.29, 0.717) is 17.1 Å². The summed E-state index contributed by atoms with van der Waals surface area (Å²) in [5, 5.41) is 14.3. The highest BCUT2D eigenvalue weighted by atomic mass is 32.2. The number of H-pyrrole nitrogens is 1. The van der Waals surface area contributed by atoms with Gasteiger partial charge in [-0.15, -0.1) is 0 Å². The van der Waals surface area contributed by atoms with Gasteiger partial charge >= 0.3 is 5.95 Å². The molecule has 0 saturated carbocycles. The van der Waals surface area contributed by atoms with Gasteiger partial charge in [0.15, 0.2) is 11.5 Å². The summed E-state index contributed by atoms with van der Waals surface area (Å²) in [6, 6.07) is 19.0. The summed E-state index contributed by atoms with van der Waals surface area (Å²) in [4.78, 5) is 24.6. The SMILES string of the molecule is N#CCNC(=O)c1ccc(-c2nc(Nc3ccc(N4CCC(N5C6CSC[C@@H]5C6)CC4)cc3)[nH+]cc2F)cc1. The lowest BCUT2D eigenvalue weighted by Crippen LogP contribution is -2.66. The van der Waals surface area contributed by atoms with E-state index in [0.717, 1.165) is 36.9 Å². The Morgan fingerprint density at radius 1 is 1.08 bits per heavy atom. The Bertz CT molecular complexity index is 1360. The van der Waals surface area contributed by atoms with Gasteiger partial charge in [0.2, 0.25) is 0 Å². The smallest absolute Gasteiger partial charge is 0.371 e. The molecule has 1 amide bonds. The Labute approximate surface area is 231 Å². The second-order valence-corrected chi connectivity index (χ2v) is 11.4. The highest BCUT2D eigenvalue weighted by molar-refractivity contribution is 7.99. The zero-order valence-corrected chi connectivity index (χ0v) is 22.4. The monoisotopic (exact) mass is 544 g/mol. The molecule has 3 N–H and O–H groups in total. The Morgan fingerprint density at radius 2 is 1.79 bits per heavy atom. The zero-order chi connectivity index (χ0) is 26.8. The molecule has 0 radical (unpaired) electrons. The van der Waals surface area contributed by atoms with E-state index >= 15 is 0 Å². The number of fused-ring (bicyclic) bond motifs is 2. The third kappa shape index (κ3) is 5.42. The van der Waals surface area contributed by atoms with Crippen molar-refractivity contribution in [2.75, 3.05) is 41.4 Å². The number of benzene rings is 2. The third-order valence-electron chi connectivity index (χ3n) is 7.92. The molecule has 1 aromatic heterocycles. The molecule has 10 heteroatoms. The van der Waals surface area contributed by atoms with Crippen molar-refractivity contribution in [2.24, 2.45) is 0 Å². The van der Waals surface area contributed by atoms with Gasteiger partial charge in [-0.05, 0) is 55.7 Å². The van der Waals surface area contributed by atoms with E-state index in [1.165, 1.54) is 42.7 Å². The van der Waals surface area contributed by atoms with Crippen molar-refractivity contribution in [3.63, 3.8) is 0 Å². The predicted octanol–water partition coefficient (Wildman–Crippen LogP) is 3.86. The van der Waals surface area contributed by atoms with Crippen LogP contribution in [0.3, 0.4) is 0 Å². The quantitative estimate of drug-likeness (QED) is 0.436. The number of nitriles is 1. The normalized spacial score (nSPS) is 21.1. The van der Waals surface area contributed by atoms with Crippen molar-refractivity contribution >= 4 is 35.0 Å². The second kappa shape index (κ2) is 11.2. The van der Waals surface area contributed by atoms with Crippen molar-refractivity contribution in [2.45, 2.75) is 37.4 Å². The number of anilines is 3. The fourth-order valence-electron chi connectivity index (χ4n) is 5.94. The van der Waals surface area contributed by atoms with Gasteiger partial charge in [-0.1, -0.05) is 17.1 Å². The van der Waals surface area contributed by atoms with Gasteiger partial charge < -0.3 is 10.2 Å². The Kier molecular flexibility index (Phi) is 7.35. The number of aromatic nitrogens is 2. The maximum Gasteiger partial charge on any atom is 0.394 e. The molecule has 3 aliphatic heterocycles. The van der Waals surface area contributed by atoms with Crippen molar-refractivity contribution in [3.05, 3.63) is 66.1 Å². The number of halogens is 1. The van der Waals surface area contributed by atoms with Crippen LogP contribution >= 0.6 is 11.8 Å². The summed E-state index contributed by atoms with van der Waals surface area (Å²) in [5.41, 5.74) is 3.17. The van der Waals surface area contributed by atoms with Crippen LogP contribution in [0.25, 0.3) is 11.3 Å². The van der Waals surface area contributed by atoms with Crippen LogP contribution in [0.5, 0.6) is 0 Å². The first-order chi connectivity index (χ1) is 19.1. The summed E-state index contributed by atoms with van der Waals surface area (Å²) >= 11 is 2.12. The van der Waals surface area contributed by atoms with Gasteiger partial charge in [-0.2, -0.15) is 21.4 Å². The van der Waals surface area contributed by atoms with Crippen molar-refractivity contribution < 1.29 is 14.2 Å². The number of thioether (sulfide) groups is 1. The van der Waals surface area contributed by atoms with Gasteiger partial charge in [0.05, 0.1) is 11.8 Å². The molecule has 3 aromatic rings. The van der Waals surface area contributed by atoms with Gasteiger partial charge in [0.1, 0.15) is 12.7 Å². The van der Waals surface area contributed by atoms with E-state index in [9.17, 15) is 9.18 Å². The third-order valence-corrected chi connectivity index (χ3v) is 9.16. The maximum absolute atomic E-state index is 14.6. The lowest BCUT2D eigenvalue weighted by atomic mass is 9.88. The average Bonchev–Trinajstić information content (AvgIpc) is 2.98. The van der Waals surface area contributed by atoms with E-state index in [1.54, 1.807) is 24.3 Å². The van der Waals surface area contributed by atoms with Crippen LogP contribution in [-0.4, -0.2) is 65.1 Å². The van der Waals surface area contributed by atoms with E-state index in [2.05, 4.69) is 54.3 Å². The minimum Gasteiger partial charge on any atom is -0.371 e. The maximum atomic E-state index is 14.6. The summed E-state index contributed by atoms with van der Waals surface area (Å²) in [5.74, 6) is 2.17. The minimum atomic E-state index is -0.499. The molecule has 0 aliphatic carbocycles. The number of nitrogens with one attached hydrogen (secondary N) is 3. The lowest BCUT2D eigenvalue weighted by Gasteiger charge is -2.57. The first kappa shape index (κ1) is 25.6. The number of hydrogen-bond acceptors (Lipinski definition) is 7. The molecule has 39 heavy (non-hydrogen) atoms. The first-order valence-electron chi connectivity index (χ1n) is 13.4. The van der Waals surface area contributed by atoms with Crippen LogP contribution < -0.4 is 20.5 Å². The Balaban J connectivity index is 1.07. The average molecular weight is 545 g/mol. The van der Waals surface area contributed by atoms with Gasteiger partial charge in [0.25, 0.3) is 5.91 Å². The molecule has 4 heterocycles. The number of hydrogen-bond donors (Lipinski definition) is 2. The molecule has 6 rings (SSSR count). The number of rotatable bonds is 7. The van der Waals surface area contributed by atoms with Crippen molar-refractivity contribution in [1.82, 2.24) is 15.2 Å². The fraction of sp³-hybridized carbons (Fsp3) is 0.379. The molecule has 8 nitrogen and oxygen atoms in total. The summed E-state index contributed by atoms with van der Waals surface area (Å²) in [7, 11) is 0. The Morgan fingerprint density at radius 3 is 2.46 bits per heavy atom. The Hall–Kier alpha value is -3.68. The predicted molar refractivity (Wildman–Crippen MR) is 150 cm³/mol. The molecule has 200 valence electrons. The summed E-state index contributed by atoms with van der Waals surface area (Å²) in [6.45, 7) is 2.09. The molecule has 2 aromatic carbocycles. The molecule has 1 unspecified atom stereocenters. The van der Waals surface area contributed by atoms with Crippen molar-refractivity contribution in [3.8, 4) is 17.3 Å². The number of nitrogens with zero attached hydrogens (tertiary/aromatic N) is 4. The van der Waals surface area contributed by atoms with Crippen LogP contribution in [0.1, 0.15) is 29.6 Å². The van der Waals surface area contributed by atoms with Crippen LogP contribution in [0, 0.1) is 17.1 Å². The summed E-state index contributed by atoms with van der Waals surface area (Å²) < 4.78 is 14.6. The van der Waals surface area contributed by atoms with Crippen LogP contribution in [0.4, 0.5) is 21.7 Å². The lowest BCUT2D eigenvalue weighted by molar-refractivity contribution is -0.367. The molecule has 3 saturated heterocycles. The van der Waals surface area contributed by atoms with Crippen LogP contribution in [-0.2, 0) is 0 Å². The number of amides is 1. The first-order valence-corrected chi connectivity index (χ1v) is 14.6. The topological polar surface area (TPSA) is 98.4 Å². The highest BCUT2D eigenvalue weighted by Crippen LogP contribution is 2.40. The number of aromatic amines is 1. The summed E-state index contributed by atoms with van der Waals surface area (Å²) in [6.07, 6.45) is 5.11. The van der Waals surface area contributed by atoms with Gasteiger partial charge in [-0.3, -0.25) is 9.69 Å². The van der Waals surface area contributed by atoms with E-state index in [1.807, 2.05) is 18.2 Å². The number of carbonyl (C=O) groups is 1. The molecule has 2 atom stereocenters. The molecular formula is C29H31FN7OS+. The standard InChI is InChI=1S/C29H30FN7OS/c30-26-16-33-29(35-27(26)19-1-3-20(4-2-19)28(38)32-12-11-31)34-21-5-7-22(8-6-21)36-13-9-23(10-14-36)37-24-15-25(37)18-39-17-24/h1-8,16,23-25H,9-10,12-15,17-18H2,(H,32,38)(H,33,34,35)/p+1/t24-,25?/m0/s1. The zero-order valence-electron chi connectivity index (χ0n) is 21.6. The molecule has 3 fully saturated rings. The largest absolute Gasteiger partial charge is 0.394 e. The van der Waals surface area contributed by atoms with E-state index in [-0.39, 0.29) is 18.1 Å². The van der Waals surface area contributed by atoms with Crippen LogP contribution in [0.2, 0.25) is 0 Å².